The fraction of sp³-hybridized carbons (Fsp3) is 0.696. The molecule has 21 atom stereocenters. The Hall–Kier alpha value is -6.12. The molecule has 4 N–H and O–H groups in total. The van der Waals surface area contributed by atoms with E-state index in [1.807, 2.05) is 13.0 Å². The summed E-state index contributed by atoms with van der Waals surface area (Å²) >= 11 is 0. The molecule has 19 nitrogen and oxygen atoms in total. The maximum Gasteiger partial charge on any atom is 0.338 e. The zero-order valence-corrected chi connectivity index (χ0v) is 60.7. The topological polar surface area (TPSA) is 274 Å². The molecule has 1 amide bonds. The molecule has 8 aliphatic carbocycles. The van der Waals surface area contributed by atoms with Crippen LogP contribution in [-0.4, -0.2) is 136 Å². The summed E-state index contributed by atoms with van der Waals surface area (Å²) in [5.41, 5.74) is -9.07. The number of amides is 1. The van der Waals surface area contributed by atoms with Gasteiger partial charge in [0.2, 0.25) is 5.91 Å². The molecule has 1 saturated heterocycles. The van der Waals surface area contributed by atoms with Crippen LogP contribution in [0.5, 0.6) is 0 Å². The van der Waals surface area contributed by atoms with E-state index in [0.717, 1.165) is 37.7 Å². The molecule has 9 aliphatic rings. The fourth-order valence-electron chi connectivity index (χ4n) is 21.4. The third-order valence-corrected chi connectivity index (χ3v) is 27.4. The summed E-state index contributed by atoms with van der Waals surface area (Å²) in [6.07, 6.45) is -3.31. The number of ketones is 2. The molecule has 11 rings (SSSR count). The molecule has 1 aliphatic heterocycles. The number of benzene rings is 2. The summed E-state index contributed by atoms with van der Waals surface area (Å²) in [5, 5.41) is 42.9. The van der Waals surface area contributed by atoms with Crippen LogP contribution < -0.4 is 5.32 Å². The second-order valence-electron chi connectivity index (χ2n) is 34.7. The number of carbonyl (C=O) groups is 8. The van der Waals surface area contributed by atoms with E-state index in [1.165, 1.54) is 32.9 Å². The first-order valence-electron chi connectivity index (χ1n) is 35.7. The Labute approximate surface area is 578 Å². The Kier molecular flexibility index (Phi) is 18.8. The zero-order chi connectivity index (χ0) is 71.8. The zero-order valence-electron chi connectivity index (χ0n) is 60.7. The largest absolute Gasteiger partial charge is 0.462 e. The maximum absolute atomic E-state index is 15.8. The first-order chi connectivity index (χ1) is 45.5. The van der Waals surface area contributed by atoms with Crippen molar-refractivity contribution in [2.75, 3.05) is 13.2 Å². The summed E-state index contributed by atoms with van der Waals surface area (Å²) < 4.78 is 44.7. The predicted octanol–water partition coefficient (Wildman–Crippen LogP) is 11.2. The van der Waals surface area contributed by atoms with E-state index in [2.05, 4.69) is 46.9 Å². The van der Waals surface area contributed by atoms with Gasteiger partial charge in [-0.2, -0.15) is 0 Å². The van der Waals surface area contributed by atoms with Crippen molar-refractivity contribution in [2.45, 2.75) is 261 Å². The molecule has 536 valence electrons. The van der Waals surface area contributed by atoms with Crippen LogP contribution in [0.1, 0.15) is 217 Å². The van der Waals surface area contributed by atoms with Crippen molar-refractivity contribution >= 4 is 47.3 Å². The number of aliphatic hydroxyl groups is 3. The van der Waals surface area contributed by atoms with Gasteiger partial charge in [-0.15, -0.1) is 0 Å². The van der Waals surface area contributed by atoms with Crippen LogP contribution in [0.2, 0.25) is 0 Å². The number of aliphatic hydroxyl groups excluding tert-OH is 2. The number of allylic oxidation sites excluding steroid dienone is 2. The molecule has 98 heavy (non-hydrogen) atoms. The lowest BCUT2D eigenvalue weighted by molar-refractivity contribution is -0.365. The highest BCUT2D eigenvalue weighted by molar-refractivity contribution is 5.96. The van der Waals surface area contributed by atoms with Gasteiger partial charge in [-0.05, 0) is 140 Å². The molecule has 2 bridgehead atoms. The van der Waals surface area contributed by atoms with Gasteiger partial charge in [0.25, 0.3) is 0 Å². The molecule has 2 aromatic rings. The molecule has 2 aromatic carbocycles. The normalized spacial score (nSPS) is 40.3. The van der Waals surface area contributed by atoms with Crippen LogP contribution in [-0.2, 0) is 66.7 Å². The number of esters is 5. The van der Waals surface area contributed by atoms with Crippen LogP contribution in [0.4, 0.5) is 0 Å². The number of ether oxygens (including phenoxy) is 7. The Morgan fingerprint density at radius 3 is 1.99 bits per heavy atom. The summed E-state index contributed by atoms with van der Waals surface area (Å²) in [6.45, 7) is 30.6. The van der Waals surface area contributed by atoms with E-state index in [-0.39, 0.29) is 89.0 Å². The molecule has 0 spiro atoms. The van der Waals surface area contributed by atoms with E-state index in [0.29, 0.717) is 36.8 Å². The minimum Gasteiger partial charge on any atom is -0.462 e. The van der Waals surface area contributed by atoms with Crippen molar-refractivity contribution in [3.63, 3.8) is 0 Å². The lowest BCUT2D eigenvalue weighted by atomic mass is 9.33. The number of rotatable bonds is 15. The minimum atomic E-state index is -2.28. The SMILES string of the molecule is CC(=O)O[C@@H]1C2=C(C)[C@@H](OCCC(=O)C(OC(=O)[C@@]3(C)CC[C@]4(C)CC[C@]5(C)C(=CC(=O)[C@@H]6[C@@]7(C)CC[C@H](OC(C)=O)C(C)(C)[C@@H]7CC[C@]65C)[C@@H]4C3)C(NC(=O)C(C)(C)C)c3ccccc3)CC(O)([C@@H](OC(=O)c3ccccc3)C3[C@]4(OC(C)=O)COC4C[C@H](O)[C@@]3(C)C1O)C2(C)C. The van der Waals surface area contributed by atoms with Gasteiger partial charge in [0.05, 0.1) is 48.4 Å². The van der Waals surface area contributed by atoms with Gasteiger partial charge in [-0.3, -0.25) is 33.6 Å². The Morgan fingerprint density at radius 1 is 0.755 bits per heavy atom. The predicted molar refractivity (Wildman–Crippen MR) is 361 cm³/mol. The quantitative estimate of drug-likeness (QED) is 0.0733. The average Bonchev–Trinajstić information content (AvgIpc) is 0.676. The van der Waals surface area contributed by atoms with Gasteiger partial charge in [-0.25, -0.2) is 4.79 Å². The van der Waals surface area contributed by atoms with Gasteiger partial charge in [0, 0.05) is 67.6 Å². The van der Waals surface area contributed by atoms with Crippen LogP contribution in [0.3, 0.4) is 0 Å². The summed E-state index contributed by atoms with van der Waals surface area (Å²) in [5.74, 6) is -6.01. The number of nitrogens with one attached hydrogen (secondary N) is 1. The van der Waals surface area contributed by atoms with Crippen molar-refractivity contribution in [3.8, 4) is 0 Å². The molecule has 0 radical (unpaired) electrons. The van der Waals surface area contributed by atoms with E-state index < -0.39 is 140 Å². The summed E-state index contributed by atoms with van der Waals surface area (Å²) in [4.78, 5) is 115. The number of Topliss-reactive ketones (excluding diaryl/α,β-unsaturated/α-hetero) is 1. The first-order valence-corrected chi connectivity index (χ1v) is 35.7. The van der Waals surface area contributed by atoms with Gasteiger partial charge in [0.15, 0.2) is 29.4 Å². The first kappa shape index (κ1) is 73.1. The minimum absolute atomic E-state index is 0.111. The van der Waals surface area contributed by atoms with Gasteiger partial charge in [0.1, 0.15) is 30.0 Å². The fourth-order valence-corrected chi connectivity index (χ4v) is 21.4. The van der Waals surface area contributed by atoms with Crippen molar-refractivity contribution in [2.24, 2.45) is 72.4 Å². The second-order valence-corrected chi connectivity index (χ2v) is 34.7. The molecular formula is C79H107NO18. The van der Waals surface area contributed by atoms with Crippen molar-refractivity contribution < 1.29 is 86.8 Å². The van der Waals surface area contributed by atoms with E-state index in [1.54, 1.807) is 97.0 Å². The molecule has 7 fully saturated rings. The summed E-state index contributed by atoms with van der Waals surface area (Å²) in [6, 6.07) is 15.7. The lowest BCUT2D eigenvalue weighted by Gasteiger charge is -2.70. The van der Waals surface area contributed by atoms with Crippen molar-refractivity contribution in [1.82, 2.24) is 5.32 Å². The Bertz CT molecular complexity index is 3590. The number of carbonyl (C=O) groups excluding carboxylic acids is 8. The highest BCUT2D eigenvalue weighted by Crippen LogP contribution is 2.76. The number of hydrogen-bond acceptors (Lipinski definition) is 18. The molecule has 6 unspecified atom stereocenters. The molecule has 1 heterocycles. The third kappa shape index (κ3) is 11.5. The third-order valence-electron chi connectivity index (χ3n) is 27.4. The van der Waals surface area contributed by atoms with E-state index in [9.17, 15) is 39.3 Å². The maximum atomic E-state index is 15.8. The van der Waals surface area contributed by atoms with Crippen LogP contribution in [0, 0.1) is 72.4 Å². The van der Waals surface area contributed by atoms with Gasteiger partial charge in [-0.1, -0.05) is 137 Å². The smallest absolute Gasteiger partial charge is 0.338 e. The van der Waals surface area contributed by atoms with Gasteiger partial charge < -0.3 is 53.8 Å². The summed E-state index contributed by atoms with van der Waals surface area (Å²) in [7, 11) is 0. The molecule has 6 saturated carbocycles. The monoisotopic (exact) mass is 1360 g/mol. The van der Waals surface area contributed by atoms with Crippen molar-refractivity contribution in [1.29, 1.82) is 0 Å². The van der Waals surface area contributed by atoms with E-state index >= 15 is 14.4 Å². The Balaban J connectivity index is 0.936. The highest BCUT2D eigenvalue weighted by atomic mass is 16.6. The Morgan fingerprint density at radius 2 is 1.39 bits per heavy atom. The highest BCUT2D eigenvalue weighted by Gasteiger charge is 2.79. The average molecular weight is 1360 g/mol. The van der Waals surface area contributed by atoms with Crippen LogP contribution >= 0.6 is 0 Å². The van der Waals surface area contributed by atoms with Crippen LogP contribution in [0.25, 0.3) is 0 Å². The number of hydrogen-bond donors (Lipinski definition) is 4. The van der Waals surface area contributed by atoms with Crippen LogP contribution in [0.15, 0.2) is 83.5 Å². The molecular weight excluding hydrogens is 1250 g/mol. The standard InChI is InChI=1S/C79H107NO18/c1-43-53(41-79(91)65(97-66(88)48-26-22-19-23-27-48)63-77(17,55(86)39-57-78(63,42-93-57)98-46(4)83)64(87)61(95-45(3)82)58(43)71(79,10)11)92-37-30-51(84)60(59(47-24-20-18-21-25-47)80-67(89)69(5,6)7)96-68(90)73(13)34-33-72(12)35-36-75(15)49(50(72)40-73)38-52(85)62-74(14)31-29-56(94-44(2)81)70(8,9)54(74)28-32-76(62,75)16/h18-27,38,50,53-57,59-65,86-87,91H,28-37,39-42H2,1-17H3,(H,80,89)/t50-,53-,54-,55-,56-,57?,59?,60?,61+,62+,63?,64?,65-,72+,73-,74-,75+,76+,77+,78-,79?/m0/s1. The lowest BCUT2D eigenvalue weighted by Crippen LogP contribution is -2.82. The second kappa shape index (κ2) is 25.1. The van der Waals surface area contributed by atoms with E-state index in [4.69, 9.17) is 33.2 Å². The van der Waals surface area contributed by atoms with Gasteiger partial charge >= 0.3 is 29.8 Å². The molecule has 19 heteroatoms. The number of fused-ring (bicyclic) bond motifs is 12. The molecule has 0 aromatic heterocycles. The van der Waals surface area contributed by atoms with Crippen molar-refractivity contribution in [3.05, 3.63) is 94.6 Å².